The molecule has 1 aromatic rings. The number of thiazole rings is 1. The summed E-state index contributed by atoms with van der Waals surface area (Å²) >= 11 is 1.58. The lowest BCUT2D eigenvalue weighted by Crippen LogP contribution is -2.37. The largest absolute Gasteiger partial charge is 0.389 e. The van der Waals surface area contributed by atoms with Crippen molar-refractivity contribution in [2.24, 2.45) is 0 Å². The van der Waals surface area contributed by atoms with E-state index in [0.717, 1.165) is 23.2 Å². The van der Waals surface area contributed by atoms with E-state index in [1.807, 2.05) is 0 Å². The summed E-state index contributed by atoms with van der Waals surface area (Å²) in [6, 6.07) is 0.517. The Hall–Kier alpha value is -0.810. The van der Waals surface area contributed by atoms with Gasteiger partial charge >= 0.3 is 0 Å². The summed E-state index contributed by atoms with van der Waals surface area (Å²) < 4.78 is 0. The average molecular weight is 226 g/mol. The molecule has 1 aromatic heterocycles. The van der Waals surface area contributed by atoms with Crippen LogP contribution in [0, 0.1) is 0 Å². The van der Waals surface area contributed by atoms with Crippen molar-refractivity contribution in [3.05, 3.63) is 6.20 Å². The first-order valence-corrected chi connectivity index (χ1v) is 6.15. The zero-order valence-electron chi connectivity index (χ0n) is 9.31. The normalized spacial score (nSPS) is 24.1. The van der Waals surface area contributed by atoms with E-state index in [0.29, 0.717) is 6.04 Å². The lowest BCUT2D eigenvalue weighted by Gasteiger charge is -2.27. The van der Waals surface area contributed by atoms with Crippen LogP contribution in [0.15, 0.2) is 6.20 Å². The van der Waals surface area contributed by atoms with E-state index in [2.05, 4.69) is 28.8 Å². The van der Waals surface area contributed by atoms with E-state index < -0.39 is 0 Å². The van der Waals surface area contributed by atoms with Crippen molar-refractivity contribution in [2.45, 2.75) is 19.4 Å². The molecule has 1 fully saturated rings. The molecule has 1 aliphatic rings. The number of nitrogens with two attached hydrogens (primary N) is 1. The molecule has 0 saturated carbocycles. The van der Waals surface area contributed by atoms with Gasteiger partial charge in [0.1, 0.15) is 5.00 Å². The second-order valence-corrected chi connectivity index (χ2v) is 5.24. The molecule has 1 saturated heterocycles. The second kappa shape index (κ2) is 4.37. The Kier molecular flexibility index (Phi) is 3.11. The Balaban J connectivity index is 2.13. The van der Waals surface area contributed by atoms with Gasteiger partial charge in [0.25, 0.3) is 0 Å². The fraction of sp³-hybridized carbons (Fsp3) is 0.700. The van der Waals surface area contributed by atoms with Crippen LogP contribution in [0.25, 0.3) is 0 Å². The van der Waals surface area contributed by atoms with Crippen molar-refractivity contribution in [1.82, 2.24) is 9.88 Å². The molecule has 2 heterocycles. The lowest BCUT2D eigenvalue weighted by atomic mass is 10.3. The Morgan fingerprint density at radius 2 is 2.33 bits per heavy atom. The maximum atomic E-state index is 5.72. The smallest absolute Gasteiger partial charge is 0.187 e. The summed E-state index contributed by atoms with van der Waals surface area (Å²) in [4.78, 5) is 9.10. The molecule has 2 N–H and O–H groups in total. The van der Waals surface area contributed by atoms with Gasteiger partial charge in [0.15, 0.2) is 5.13 Å². The highest BCUT2D eigenvalue weighted by atomic mass is 32.1. The molecule has 0 bridgehead atoms. The highest BCUT2D eigenvalue weighted by molar-refractivity contribution is 7.19. The Labute approximate surface area is 94.7 Å². The molecule has 1 atom stereocenters. The zero-order chi connectivity index (χ0) is 10.8. The summed E-state index contributed by atoms with van der Waals surface area (Å²) in [5.74, 6) is 0. The quantitative estimate of drug-likeness (QED) is 0.783. The van der Waals surface area contributed by atoms with Crippen LogP contribution >= 0.6 is 11.3 Å². The molecule has 0 aliphatic carbocycles. The molecular weight excluding hydrogens is 208 g/mol. The third kappa shape index (κ3) is 2.41. The minimum absolute atomic E-state index is 0.517. The Morgan fingerprint density at radius 3 is 3.00 bits per heavy atom. The third-order valence-electron chi connectivity index (χ3n) is 2.80. The van der Waals surface area contributed by atoms with Crippen LogP contribution in [-0.2, 0) is 0 Å². The Bertz CT molecular complexity index is 325. The van der Waals surface area contributed by atoms with Crippen LogP contribution in [-0.4, -0.2) is 42.6 Å². The third-order valence-corrected chi connectivity index (χ3v) is 3.67. The van der Waals surface area contributed by atoms with Crippen LogP contribution in [0.5, 0.6) is 0 Å². The molecule has 4 nitrogen and oxygen atoms in total. The van der Waals surface area contributed by atoms with Crippen molar-refractivity contribution in [2.75, 3.05) is 37.3 Å². The van der Waals surface area contributed by atoms with Gasteiger partial charge in [0.2, 0.25) is 0 Å². The van der Waals surface area contributed by atoms with E-state index in [-0.39, 0.29) is 0 Å². The van der Waals surface area contributed by atoms with Crippen LogP contribution < -0.4 is 10.6 Å². The number of nitrogen functional groups attached to an aromatic ring is 1. The van der Waals surface area contributed by atoms with Crippen molar-refractivity contribution < 1.29 is 0 Å². The van der Waals surface area contributed by atoms with E-state index in [1.54, 1.807) is 17.5 Å². The maximum absolute atomic E-state index is 5.72. The number of hydrogen-bond acceptors (Lipinski definition) is 5. The summed E-state index contributed by atoms with van der Waals surface area (Å²) in [7, 11) is 2.18. The van der Waals surface area contributed by atoms with Gasteiger partial charge in [-0.15, -0.1) is 0 Å². The SMILES string of the molecule is CC1CN(C)CCCN1c1ncc(N)s1. The monoisotopic (exact) mass is 226 g/mol. The molecule has 84 valence electrons. The van der Waals surface area contributed by atoms with Gasteiger partial charge in [-0.25, -0.2) is 4.98 Å². The second-order valence-electron chi connectivity index (χ2n) is 4.20. The average Bonchev–Trinajstić information content (AvgIpc) is 2.51. The lowest BCUT2D eigenvalue weighted by molar-refractivity contribution is 0.337. The topological polar surface area (TPSA) is 45.4 Å². The number of rotatable bonds is 1. The van der Waals surface area contributed by atoms with Gasteiger partial charge in [-0.1, -0.05) is 11.3 Å². The molecular formula is C10H18N4S. The van der Waals surface area contributed by atoms with Crippen LogP contribution in [0.3, 0.4) is 0 Å². The summed E-state index contributed by atoms with van der Waals surface area (Å²) in [5, 5.41) is 1.87. The molecule has 2 rings (SSSR count). The predicted molar refractivity (Wildman–Crippen MR) is 65.4 cm³/mol. The first kappa shape index (κ1) is 10.7. The van der Waals surface area contributed by atoms with Gasteiger partial charge in [0.05, 0.1) is 6.20 Å². The standard InChI is InChI=1S/C10H18N4S/c1-8-7-13(2)4-3-5-14(8)10-12-6-9(11)15-10/h6,8H,3-5,7,11H2,1-2H3. The molecule has 5 heteroatoms. The number of nitrogens with zero attached hydrogens (tertiary/aromatic N) is 3. The van der Waals surface area contributed by atoms with Gasteiger partial charge in [0, 0.05) is 19.1 Å². The van der Waals surface area contributed by atoms with Crippen molar-refractivity contribution in [3.63, 3.8) is 0 Å². The zero-order valence-corrected chi connectivity index (χ0v) is 10.1. The van der Waals surface area contributed by atoms with Crippen molar-refractivity contribution in [3.8, 4) is 0 Å². The molecule has 0 spiro atoms. The number of aromatic nitrogens is 1. The van der Waals surface area contributed by atoms with Gasteiger partial charge in [-0.3, -0.25) is 0 Å². The van der Waals surface area contributed by atoms with Crippen molar-refractivity contribution >= 4 is 21.5 Å². The Morgan fingerprint density at radius 1 is 1.53 bits per heavy atom. The molecule has 0 amide bonds. The summed E-state index contributed by atoms with van der Waals surface area (Å²) in [6.45, 7) is 5.60. The van der Waals surface area contributed by atoms with E-state index in [1.165, 1.54) is 13.0 Å². The summed E-state index contributed by atoms with van der Waals surface area (Å²) in [5.41, 5.74) is 5.72. The maximum Gasteiger partial charge on any atom is 0.187 e. The fourth-order valence-electron chi connectivity index (χ4n) is 2.07. The van der Waals surface area contributed by atoms with Crippen LogP contribution in [0.2, 0.25) is 0 Å². The predicted octanol–water partition coefficient (Wildman–Crippen LogP) is 1.26. The highest BCUT2D eigenvalue weighted by Gasteiger charge is 2.21. The number of anilines is 2. The van der Waals surface area contributed by atoms with Crippen LogP contribution in [0.1, 0.15) is 13.3 Å². The minimum Gasteiger partial charge on any atom is -0.389 e. The van der Waals surface area contributed by atoms with Gasteiger partial charge in [-0.05, 0) is 26.9 Å². The molecule has 1 unspecified atom stereocenters. The number of likely N-dealkylation sites (N-methyl/N-ethyl adjacent to an activating group) is 1. The van der Waals surface area contributed by atoms with E-state index in [9.17, 15) is 0 Å². The molecule has 1 aliphatic heterocycles. The van der Waals surface area contributed by atoms with Gasteiger partial charge < -0.3 is 15.5 Å². The van der Waals surface area contributed by atoms with Crippen LogP contribution in [0.4, 0.5) is 10.1 Å². The summed E-state index contributed by atoms with van der Waals surface area (Å²) in [6.07, 6.45) is 2.95. The minimum atomic E-state index is 0.517. The molecule has 0 aromatic carbocycles. The highest BCUT2D eigenvalue weighted by Crippen LogP contribution is 2.26. The fourth-order valence-corrected chi connectivity index (χ4v) is 2.88. The first-order valence-electron chi connectivity index (χ1n) is 5.33. The first-order chi connectivity index (χ1) is 7.16. The molecule has 0 radical (unpaired) electrons. The van der Waals surface area contributed by atoms with E-state index >= 15 is 0 Å². The van der Waals surface area contributed by atoms with Gasteiger partial charge in [-0.2, -0.15) is 0 Å². The van der Waals surface area contributed by atoms with Crippen molar-refractivity contribution in [1.29, 1.82) is 0 Å². The number of hydrogen-bond donors (Lipinski definition) is 1. The molecule has 15 heavy (non-hydrogen) atoms. The van der Waals surface area contributed by atoms with E-state index in [4.69, 9.17) is 5.73 Å².